The van der Waals surface area contributed by atoms with E-state index in [1.54, 1.807) is 13.1 Å². The first-order chi connectivity index (χ1) is 8.54. The van der Waals surface area contributed by atoms with Gasteiger partial charge in [-0.2, -0.15) is 0 Å². The third-order valence-electron chi connectivity index (χ3n) is 3.53. The Balaban J connectivity index is 2.33. The molecule has 0 bridgehead atoms. The number of anilines is 1. The Morgan fingerprint density at radius 1 is 1.33 bits per heavy atom. The van der Waals surface area contributed by atoms with E-state index in [4.69, 9.17) is 0 Å². The number of benzene rings is 1. The maximum Gasteiger partial charge on any atom is 0.138 e. The summed E-state index contributed by atoms with van der Waals surface area (Å²) in [5, 5.41) is 26.6. The highest BCUT2D eigenvalue weighted by Crippen LogP contribution is 2.38. The van der Waals surface area contributed by atoms with Gasteiger partial charge >= 0.3 is 0 Å². The Labute approximate surface area is 108 Å². The van der Waals surface area contributed by atoms with Crippen LogP contribution in [-0.2, 0) is 6.42 Å². The van der Waals surface area contributed by atoms with Crippen molar-refractivity contribution >= 4 is 5.69 Å². The van der Waals surface area contributed by atoms with Gasteiger partial charge in [-0.25, -0.2) is 0 Å². The van der Waals surface area contributed by atoms with Crippen LogP contribution >= 0.6 is 0 Å². The molecule has 100 valence electrons. The number of aromatic hydroxyl groups is 1. The summed E-state index contributed by atoms with van der Waals surface area (Å²) in [4.78, 5) is 0. The maximum absolute atomic E-state index is 10.4. The van der Waals surface area contributed by atoms with E-state index in [-0.39, 0.29) is 11.8 Å². The van der Waals surface area contributed by atoms with Crippen LogP contribution in [0, 0.1) is 0 Å². The Bertz CT molecular complexity index is 432. The van der Waals surface area contributed by atoms with Crippen molar-refractivity contribution in [3.8, 4) is 5.75 Å². The van der Waals surface area contributed by atoms with Gasteiger partial charge in [-0.1, -0.05) is 19.9 Å². The second-order valence-corrected chi connectivity index (χ2v) is 5.19. The second-order valence-electron chi connectivity index (χ2n) is 5.19. The van der Waals surface area contributed by atoms with Crippen molar-refractivity contribution in [3.05, 3.63) is 23.3 Å². The molecular formula is C14H22N2O2. The molecule has 0 saturated carbocycles. The molecule has 18 heavy (non-hydrogen) atoms. The molecule has 4 heteroatoms. The van der Waals surface area contributed by atoms with Crippen LogP contribution < -0.4 is 10.6 Å². The Hall–Kier alpha value is -1.26. The molecule has 0 radical (unpaired) electrons. The van der Waals surface area contributed by atoms with Crippen LogP contribution in [0.3, 0.4) is 0 Å². The van der Waals surface area contributed by atoms with Crippen molar-refractivity contribution in [3.63, 3.8) is 0 Å². The van der Waals surface area contributed by atoms with Gasteiger partial charge in [0.1, 0.15) is 5.75 Å². The molecule has 4 nitrogen and oxygen atoms in total. The van der Waals surface area contributed by atoms with Crippen molar-refractivity contribution in [2.24, 2.45) is 0 Å². The summed E-state index contributed by atoms with van der Waals surface area (Å²) in [6.45, 7) is 4.16. The molecule has 0 amide bonds. The van der Waals surface area contributed by atoms with Crippen LogP contribution in [0.5, 0.6) is 5.75 Å². The molecule has 0 heterocycles. The smallest absolute Gasteiger partial charge is 0.138 e. The highest BCUT2D eigenvalue weighted by molar-refractivity contribution is 5.64. The van der Waals surface area contributed by atoms with Crippen LogP contribution in [-0.4, -0.2) is 29.3 Å². The summed E-state index contributed by atoms with van der Waals surface area (Å²) in [6, 6.07) is 3.91. The molecule has 4 N–H and O–H groups in total. The van der Waals surface area contributed by atoms with Gasteiger partial charge < -0.3 is 20.8 Å². The lowest BCUT2D eigenvalue weighted by Crippen LogP contribution is -2.42. The van der Waals surface area contributed by atoms with Gasteiger partial charge in [0.05, 0.1) is 11.8 Å². The first kappa shape index (κ1) is 13.2. The number of hydrogen-bond donors (Lipinski definition) is 4. The molecule has 0 saturated heterocycles. The van der Waals surface area contributed by atoms with Gasteiger partial charge in [0.2, 0.25) is 0 Å². The summed E-state index contributed by atoms with van der Waals surface area (Å²) < 4.78 is 0. The van der Waals surface area contributed by atoms with Crippen LogP contribution in [0.2, 0.25) is 0 Å². The Morgan fingerprint density at radius 2 is 2.06 bits per heavy atom. The number of aliphatic hydroxyl groups excluding tert-OH is 1. The van der Waals surface area contributed by atoms with E-state index in [2.05, 4.69) is 24.5 Å². The number of phenols is 1. The minimum Gasteiger partial charge on any atom is -0.506 e. The van der Waals surface area contributed by atoms with E-state index in [9.17, 15) is 10.2 Å². The van der Waals surface area contributed by atoms with E-state index >= 15 is 0 Å². The van der Waals surface area contributed by atoms with E-state index in [0.29, 0.717) is 6.04 Å². The fourth-order valence-electron chi connectivity index (χ4n) is 2.75. The van der Waals surface area contributed by atoms with Crippen LogP contribution in [0.4, 0.5) is 5.69 Å². The van der Waals surface area contributed by atoms with E-state index in [1.165, 1.54) is 0 Å². The van der Waals surface area contributed by atoms with Crippen LogP contribution in [0.15, 0.2) is 12.1 Å². The van der Waals surface area contributed by atoms with Crippen molar-refractivity contribution in [1.82, 2.24) is 5.32 Å². The topological polar surface area (TPSA) is 64.5 Å². The zero-order chi connectivity index (χ0) is 13.3. The largest absolute Gasteiger partial charge is 0.506 e. The first-order valence-corrected chi connectivity index (χ1v) is 6.51. The lowest BCUT2D eigenvalue weighted by Gasteiger charge is -2.33. The predicted molar refractivity (Wildman–Crippen MR) is 73.0 cm³/mol. The van der Waals surface area contributed by atoms with Gasteiger partial charge in [0.15, 0.2) is 0 Å². The normalized spacial score (nSPS) is 22.9. The number of hydrogen-bond acceptors (Lipinski definition) is 4. The lowest BCUT2D eigenvalue weighted by atomic mass is 9.84. The monoisotopic (exact) mass is 250 g/mol. The molecule has 2 atom stereocenters. The van der Waals surface area contributed by atoms with Crippen molar-refractivity contribution in [2.45, 2.75) is 44.9 Å². The molecular weight excluding hydrogens is 228 g/mol. The highest BCUT2D eigenvalue weighted by atomic mass is 16.3. The third kappa shape index (κ3) is 2.31. The molecule has 0 fully saturated rings. The Kier molecular flexibility index (Phi) is 3.78. The minimum absolute atomic E-state index is 0.0896. The van der Waals surface area contributed by atoms with E-state index < -0.39 is 6.10 Å². The van der Waals surface area contributed by atoms with Crippen molar-refractivity contribution < 1.29 is 10.2 Å². The molecule has 1 aliphatic rings. The molecule has 0 aromatic heterocycles. The summed E-state index contributed by atoms with van der Waals surface area (Å²) in [7, 11) is 1.79. The standard InChI is InChI=1S/C14H22N2O2/c1-8(2)16-11-6-4-9-10(14(11)18)5-7-12(17)13(9)15-3/h5,7-8,11,14-18H,4,6H2,1-3H3/t11-,14-/m1/s1. The maximum atomic E-state index is 10.4. The zero-order valence-corrected chi connectivity index (χ0v) is 11.2. The fourth-order valence-corrected chi connectivity index (χ4v) is 2.75. The first-order valence-electron chi connectivity index (χ1n) is 6.51. The van der Waals surface area contributed by atoms with Crippen LogP contribution in [0.1, 0.15) is 37.5 Å². The van der Waals surface area contributed by atoms with Crippen LogP contribution in [0.25, 0.3) is 0 Å². The second kappa shape index (κ2) is 5.16. The number of aliphatic hydroxyl groups is 1. The number of phenolic OH excluding ortho intramolecular Hbond substituents is 1. The zero-order valence-electron chi connectivity index (χ0n) is 11.2. The molecule has 0 aliphatic heterocycles. The third-order valence-corrected chi connectivity index (χ3v) is 3.53. The number of nitrogens with one attached hydrogen (secondary N) is 2. The summed E-state index contributed by atoms with van der Waals surface area (Å²) >= 11 is 0. The van der Waals surface area contributed by atoms with Gasteiger partial charge in [0.25, 0.3) is 0 Å². The summed E-state index contributed by atoms with van der Waals surface area (Å²) in [6.07, 6.45) is 1.23. The van der Waals surface area contributed by atoms with E-state index in [0.717, 1.165) is 29.7 Å². The average Bonchev–Trinajstić information content (AvgIpc) is 2.32. The number of rotatable bonds is 3. The summed E-state index contributed by atoms with van der Waals surface area (Å²) in [5.41, 5.74) is 2.70. The fraction of sp³-hybridized carbons (Fsp3) is 0.571. The number of fused-ring (bicyclic) bond motifs is 1. The Morgan fingerprint density at radius 3 is 2.67 bits per heavy atom. The van der Waals surface area contributed by atoms with Gasteiger partial charge in [-0.05, 0) is 30.0 Å². The molecule has 1 aromatic carbocycles. The van der Waals surface area contributed by atoms with Crippen molar-refractivity contribution in [2.75, 3.05) is 12.4 Å². The molecule has 1 aromatic rings. The predicted octanol–water partition coefficient (Wildman–Crippen LogP) is 1.78. The molecule has 0 unspecified atom stereocenters. The van der Waals surface area contributed by atoms with Gasteiger partial charge in [0, 0.05) is 19.1 Å². The van der Waals surface area contributed by atoms with E-state index in [1.807, 2.05) is 6.07 Å². The van der Waals surface area contributed by atoms with Gasteiger partial charge in [-0.3, -0.25) is 0 Å². The summed E-state index contributed by atoms with van der Waals surface area (Å²) in [5.74, 6) is 0.249. The average molecular weight is 250 g/mol. The van der Waals surface area contributed by atoms with Gasteiger partial charge in [-0.15, -0.1) is 0 Å². The molecule has 2 rings (SSSR count). The quantitative estimate of drug-likeness (QED) is 0.618. The lowest BCUT2D eigenvalue weighted by molar-refractivity contribution is 0.110. The minimum atomic E-state index is -0.510. The SMILES string of the molecule is CNc1c(O)ccc2c1CC[C@@H](NC(C)C)[C@@H]2O. The molecule has 0 spiro atoms. The van der Waals surface area contributed by atoms with Crippen molar-refractivity contribution in [1.29, 1.82) is 0 Å². The highest BCUT2D eigenvalue weighted by Gasteiger charge is 2.30. The molecule has 1 aliphatic carbocycles.